The molecule has 0 amide bonds. The first-order valence-electron chi connectivity index (χ1n) is 11.0. The van der Waals surface area contributed by atoms with E-state index in [1.54, 1.807) is 6.33 Å². The van der Waals surface area contributed by atoms with Gasteiger partial charge in [-0.1, -0.05) is 73.4 Å². The Bertz CT molecular complexity index is 1670. The van der Waals surface area contributed by atoms with Crippen molar-refractivity contribution in [3.05, 3.63) is 78.6 Å². The molecule has 0 aliphatic rings. The lowest BCUT2D eigenvalue weighted by atomic mass is 10.0. The van der Waals surface area contributed by atoms with Crippen LogP contribution in [0.15, 0.2) is 77.5 Å². The molecule has 156 valence electrons. The monoisotopic (exact) mass is 432 g/mol. The zero-order chi connectivity index (χ0) is 22.0. The van der Waals surface area contributed by atoms with Gasteiger partial charge < -0.3 is 4.42 Å². The average Bonchev–Trinajstić information content (AvgIpc) is 3.15. The van der Waals surface area contributed by atoms with Crippen LogP contribution in [0, 0.1) is 6.92 Å². The largest absolute Gasteiger partial charge is 0.455 e. The Labute approximate surface area is 187 Å². The molecule has 0 atom stereocenters. The molecule has 0 bridgehead atoms. The minimum atomic E-state index is -1.56. The van der Waals surface area contributed by atoms with E-state index in [-0.39, 0.29) is 0 Å². The molecule has 6 aromatic rings. The van der Waals surface area contributed by atoms with Gasteiger partial charge in [0.2, 0.25) is 0 Å². The van der Waals surface area contributed by atoms with Crippen molar-refractivity contribution in [2.75, 3.05) is 0 Å². The van der Waals surface area contributed by atoms with Gasteiger partial charge in [-0.3, -0.25) is 0 Å². The highest BCUT2D eigenvalue weighted by Gasteiger charge is 2.22. The lowest BCUT2D eigenvalue weighted by Gasteiger charge is -2.20. The summed E-state index contributed by atoms with van der Waals surface area (Å²) in [5.74, 6) is 0. The molecular formula is C28H24N2OSi. The van der Waals surface area contributed by atoms with E-state index in [2.05, 4.69) is 93.3 Å². The molecule has 0 fully saturated rings. The molecule has 0 radical (unpaired) electrons. The summed E-state index contributed by atoms with van der Waals surface area (Å²) < 4.78 is 6.38. The number of benzene rings is 4. The molecule has 32 heavy (non-hydrogen) atoms. The highest BCUT2D eigenvalue weighted by Crippen LogP contribution is 2.38. The van der Waals surface area contributed by atoms with Crippen LogP contribution in [0.1, 0.15) is 5.56 Å². The van der Waals surface area contributed by atoms with Crippen molar-refractivity contribution in [1.29, 1.82) is 0 Å². The number of aromatic nitrogens is 2. The SMILES string of the molecule is Cc1ccc2c(c1)oc1c(-c3ncnc4c3ccc3cccc([Si](C)(C)C)c34)cccc12. The van der Waals surface area contributed by atoms with Gasteiger partial charge in [-0.05, 0) is 36.1 Å². The second kappa shape index (κ2) is 6.75. The van der Waals surface area contributed by atoms with Crippen molar-refractivity contribution >= 4 is 56.9 Å². The second-order valence-electron chi connectivity index (χ2n) is 9.62. The minimum absolute atomic E-state index is 0.881. The number of aryl methyl sites for hydroxylation is 1. The van der Waals surface area contributed by atoms with Crippen molar-refractivity contribution in [3.63, 3.8) is 0 Å². The molecular weight excluding hydrogens is 408 g/mol. The van der Waals surface area contributed by atoms with Gasteiger partial charge in [0.15, 0.2) is 0 Å². The average molecular weight is 433 g/mol. The molecule has 4 aromatic carbocycles. The van der Waals surface area contributed by atoms with Gasteiger partial charge in [0.05, 0.1) is 19.3 Å². The van der Waals surface area contributed by atoms with Gasteiger partial charge in [-0.25, -0.2) is 9.97 Å². The fourth-order valence-electron chi connectivity index (χ4n) is 4.83. The first kappa shape index (κ1) is 19.2. The number of fused-ring (bicyclic) bond motifs is 6. The molecule has 0 saturated carbocycles. The quantitative estimate of drug-likeness (QED) is 0.214. The molecule has 0 aliphatic heterocycles. The number of nitrogens with zero attached hydrogens (tertiary/aromatic N) is 2. The van der Waals surface area contributed by atoms with E-state index in [0.29, 0.717) is 0 Å². The lowest BCUT2D eigenvalue weighted by Crippen LogP contribution is -2.38. The summed E-state index contributed by atoms with van der Waals surface area (Å²) in [4.78, 5) is 9.54. The first-order chi connectivity index (χ1) is 15.4. The summed E-state index contributed by atoms with van der Waals surface area (Å²) in [6.45, 7) is 9.26. The van der Waals surface area contributed by atoms with Gasteiger partial charge in [0, 0.05) is 27.1 Å². The summed E-state index contributed by atoms with van der Waals surface area (Å²) in [5, 5.41) is 7.25. The number of hydrogen-bond acceptors (Lipinski definition) is 3. The number of hydrogen-bond donors (Lipinski definition) is 0. The van der Waals surface area contributed by atoms with Crippen LogP contribution >= 0.6 is 0 Å². The fraction of sp³-hybridized carbons (Fsp3) is 0.143. The van der Waals surface area contributed by atoms with Crippen LogP contribution in [-0.4, -0.2) is 18.0 Å². The van der Waals surface area contributed by atoms with Gasteiger partial charge in [0.25, 0.3) is 0 Å². The summed E-state index contributed by atoms with van der Waals surface area (Å²) in [6, 6.07) is 23.7. The smallest absolute Gasteiger partial charge is 0.144 e. The fourth-order valence-corrected chi connectivity index (χ4v) is 6.44. The Morgan fingerprint density at radius 2 is 1.59 bits per heavy atom. The van der Waals surface area contributed by atoms with E-state index in [9.17, 15) is 0 Å². The van der Waals surface area contributed by atoms with Crippen molar-refractivity contribution in [2.24, 2.45) is 0 Å². The van der Waals surface area contributed by atoms with Crippen molar-refractivity contribution in [3.8, 4) is 11.3 Å². The number of furan rings is 1. The van der Waals surface area contributed by atoms with E-state index >= 15 is 0 Å². The molecule has 0 aliphatic carbocycles. The molecule has 4 heteroatoms. The zero-order valence-corrected chi connectivity index (χ0v) is 19.7. The summed E-state index contributed by atoms with van der Waals surface area (Å²) in [5.41, 5.74) is 5.94. The van der Waals surface area contributed by atoms with Crippen LogP contribution in [0.5, 0.6) is 0 Å². The molecule has 0 N–H and O–H groups in total. The Morgan fingerprint density at radius 3 is 2.44 bits per heavy atom. The first-order valence-corrected chi connectivity index (χ1v) is 14.5. The molecule has 0 unspecified atom stereocenters. The van der Waals surface area contributed by atoms with Crippen LogP contribution < -0.4 is 5.19 Å². The maximum atomic E-state index is 6.38. The van der Waals surface area contributed by atoms with Crippen LogP contribution in [0.4, 0.5) is 0 Å². The molecule has 2 heterocycles. The van der Waals surface area contributed by atoms with Crippen molar-refractivity contribution < 1.29 is 4.42 Å². The van der Waals surface area contributed by atoms with E-state index in [1.807, 2.05) is 0 Å². The van der Waals surface area contributed by atoms with Gasteiger partial charge >= 0.3 is 0 Å². The summed E-state index contributed by atoms with van der Waals surface area (Å²) in [6.07, 6.45) is 1.70. The minimum Gasteiger partial charge on any atom is -0.455 e. The Hall–Kier alpha value is -3.50. The predicted molar refractivity (Wildman–Crippen MR) is 137 cm³/mol. The van der Waals surface area contributed by atoms with Crippen molar-refractivity contribution in [2.45, 2.75) is 26.6 Å². The van der Waals surface area contributed by atoms with E-state index < -0.39 is 8.07 Å². The number of rotatable bonds is 2. The summed E-state index contributed by atoms with van der Waals surface area (Å²) >= 11 is 0. The van der Waals surface area contributed by atoms with Crippen LogP contribution in [0.25, 0.3) is 54.9 Å². The van der Waals surface area contributed by atoms with Crippen molar-refractivity contribution in [1.82, 2.24) is 9.97 Å². The Kier molecular flexibility index (Phi) is 4.05. The third kappa shape index (κ3) is 2.80. The summed E-state index contributed by atoms with van der Waals surface area (Å²) in [7, 11) is -1.56. The van der Waals surface area contributed by atoms with E-state index in [1.165, 1.54) is 21.5 Å². The molecule has 3 nitrogen and oxygen atoms in total. The van der Waals surface area contributed by atoms with E-state index in [4.69, 9.17) is 14.4 Å². The topological polar surface area (TPSA) is 38.9 Å². The third-order valence-electron chi connectivity index (χ3n) is 6.36. The highest BCUT2D eigenvalue weighted by atomic mass is 28.3. The Balaban J connectivity index is 1.72. The third-order valence-corrected chi connectivity index (χ3v) is 8.40. The second-order valence-corrected chi connectivity index (χ2v) is 14.7. The molecule has 2 aromatic heterocycles. The maximum absolute atomic E-state index is 6.38. The maximum Gasteiger partial charge on any atom is 0.144 e. The van der Waals surface area contributed by atoms with Gasteiger partial charge in [0.1, 0.15) is 17.5 Å². The van der Waals surface area contributed by atoms with E-state index in [0.717, 1.165) is 44.1 Å². The standard InChI is InChI=1S/C28H24N2OSi/c1-17-11-13-19-20-8-6-9-22(28(20)31-23(19)15-17)26-21-14-12-18-7-5-10-24(32(2,3)4)25(18)27(21)30-16-29-26/h5-16H,1-4H3. The molecule has 6 rings (SSSR count). The number of para-hydroxylation sites is 1. The zero-order valence-electron chi connectivity index (χ0n) is 18.7. The molecule has 0 spiro atoms. The van der Waals surface area contributed by atoms with Crippen LogP contribution in [0.3, 0.4) is 0 Å². The highest BCUT2D eigenvalue weighted by molar-refractivity contribution is 6.90. The normalized spacial score (nSPS) is 12.4. The predicted octanol–water partition coefficient (Wildman–Crippen LogP) is 7.20. The van der Waals surface area contributed by atoms with Crippen LogP contribution in [-0.2, 0) is 0 Å². The van der Waals surface area contributed by atoms with Crippen LogP contribution in [0.2, 0.25) is 19.6 Å². The lowest BCUT2D eigenvalue weighted by molar-refractivity contribution is 0.669. The van der Waals surface area contributed by atoms with Gasteiger partial charge in [-0.15, -0.1) is 0 Å². The molecule has 0 saturated heterocycles. The Morgan fingerprint density at radius 1 is 0.781 bits per heavy atom. The van der Waals surface area contributed by atoms with Gasteiger partial charge in [-0.2, -0.15) is 0 Å².